The van der Waals surface area contributed by atoms with Gasteiger partial charge in [-0.05, 0) is 44.0 Å². The molecule has 3 heterocycles. The van der Waals surface area contributed by atoms with Crippen molar-refractivity contribution in [3.63, 3.8) is 0 Å². The average molecular weight is 438 g/mol. The first-order valence-corrected chi connectivity index (χ1v) is 10.2. The number of nitriles is 1. The Kier molecular flexibility index (Phi) is 5.72. The van der Waals surface area contributed by atoms with Crippen molar-refractivity contribution in [2.75, 3.05) is 18.5 Å². The molecule has 0 unspecified atom stereocenters. The smallest absolute Gasteiger partial charge is 0.356 e. The number of anilines is 1. The van der Waals surface area contributed by atoms with Crippen LogP contribution in [0.1, 0.15) is 58.3 Å². The molecular formula is C22H20ClN5O3. The fourth-order valence-electron chi connectivity index (χ4n) is 3.82. The summed E-state index contributed by atoms with van der Waals surface area (Å²) < 4.78 is 5.48. The van der Waals surface area contributed by atoms with Crippen molar-refractivity contribution in [3.05, 3.63) is 57.6 Å². The highest BCUT2D eigenvalue weighted by atomic mass is 35.5. The zero-order chi connectivity index (χ0) is 22.1. The molecule has 2 N–H and O–H groups in total. The summed E-state index contributed by atoms with van der Waals surface area (Å²) in [6, 6.07) is 8.86. The van der Waals surface area contributed by atoms with Crippen LogP contribution in [0.5, 0.6) is 0 Å². The summed E-state index contributed by atoms with van der Waals surface area (Å²) in [6.07, 6.45) is 0.794. The minimum Gasteiger partial charge on any atom is -0.476 e. The Hall–Kier alpha value is -3.28. The number of aromatic nitrogens is 3. The van der Waals surface area contributed by atoms with E-state index in [2.05, 4.69) is 21.4 Å². The van der Waals surface area contributed by atoms with E-state index in [4.69, 9.17) is 21.3 Å². The Morgan fingerprint density at radius 3 is 2.84 bits per heavy atom. The number of carbonyl (C=O) groups is 1. The van der Waals surface area contributed by atoms with Crippen LogP contribution in [0.25, 0.3) is 11.0 Å². The third-order valence-electron chi connectivity index (χ3n) is 5.30. The van der Waals surface area contributed by atoms with Crippen molar-refractivity contribution >= 4 is 34.3 Å². The van der Waals surface area contributed by atoms with Crippen molar-refractivity contribution in [3.8, 4) is 6.07 Å². The summed E-state index contributed by atoms with van der Waals surface area (Å²) in [5, 5.41) is 22.4. The van der Waals surface area contributed by atoms with Gasteiger partial charge in [-0.25, -0.2) is 19.7 Å². The highest BCUT2D eigenvalue weighted by Crippen LogP contribution is 2.32. The molecule has 4 rings (SSSR count). The topological polar surface area (TPSA) is 121 Å². The molecule has 1 aliphatic heterocycles. The Morgan fingerprint density at radius 2 is 2.16 bits per heavy atom. The van der Waals surface area contributed by atoms with Crippen molar-refractivity contribution in [2.45, 2.75) is 32.2 Å². The maximum Gasteiger partial charge on any atom is 0.356 e. The number of rotatable bonds is 5. The Morgan fingerprint density at radius 1 is 1.35 bits per heavy atom. The number of ether oxygens (including phenoxy) is 1. The summed E-state index contributed by atoms with van der Waals surface area (Å²) in [5.41, 5.74) is 4.25. The fourth-order valence-corrected chi connectivity index (χ4v) is 3.97. The number of carboxylic acid groups (broad SMARTS) is 1. The van der Waals surface area contributed by atoms with Crippen molar-refractivity contribution < 1.29 is 14.6 Å². The highest BCUT2D eigenvalue weighted by molar-refractivity contribution is 6.29. The third-order valence-corrected chi connectivity index (χ3v) is 5.51. The lowest BCUT2D eigenvalue weighted by molar-refractivity contribution is 0.0691. The van der Waals surface area contributed by atoms with Crippen molar-refractivity contribution in [2.24, 2.45) is 0 Å². The predicted octanol–water partition coefficient (Wildman–Crippen LogP) is 4.23. The largest absolute Gasteiger partial charge is 0.476 e. The number of pyridine rings is 1. The van der Waals surface area contributed by atoms with E-state index in [1.807, 2.05) is 26.0 Å². The Balaban J connectivity index is 1.80. The van der Waals surface area contributed by atoms with Gasteiger partial charge in [-0.15, -0.1) is 0 Å². The number of carboxylic acids is 1. The van der Waals surface area contributed by atoms with Crippen LogP contribution < -0.4 is 5.32 Å². The molecule has 9 heteroatoms. The van der Waals surface area contributed by atoms with Gasteiger partial charge in [0.1, 0.15) is 11.2 Å². The minimum absolute atomic E-state index is 0.0306. The molecule has 158 valence electrons. The van der Waals surface area contributed by atoms with Crippen LogP contribution >= 0.6 is 11.6 Å². The van der Waals surface area contributed by atoms with Gasteiger partial charge in [0.2, 0.25) is 0 Å². The summed E-state index contributed by atoms with van der Waals surface area (Å²) >= 11 is 5.86. The summed E-state index contributed by atoms with van der Waals surface area (Å²) in [5.74, 6) is -1.14. The molecule has 0 bridgehead atoms. The van der Waals surface area contributed by atoms with E-state index in [0.717, 1.165) is 17.5 Å². The zero-order valence-corrected chi connectivity index (χ0v) is 17.8. The maximum atomic E-state index is 11.6. The predicted molar refractivity (Wildman–Crippen MR) is 115 cm³/mol. The van der Waals surface area contributed by atoms with Gasteiger partial charge in [0, 0.05) is 18.1 Å². The van der Waals surface area contributed by atoms with Gasteiger partial charge >= 0.3 is 5.97 Å². The quantitative estimate of drug-likeness (QED) is 0.568. The molecule has 31 heavy (non-hydrogen) atoms. The standard InChI is InChI=1S/C22H20ClN5O3/c1-11-7-14(12(2)25-15-3-4-18(23)27-21(15)22(29)30)20-16(8-11)26-17(9-24)19(28-20)13-5-6-31-10-13/h3-4,7-8,12-13,25H,5-6,10H2,1-2H3,(H,29,30)/t12-,13+/m1/s1. The molecule has 8 nitrogen and oxygen atoms in total. The van der Waals surface area contributed by atoms with Crippen LogP contribution in [0.4, 0.5) is 5.69 Å². The molecule has 2 aromatic heterocycles. The van der Waals surface area contributed by atoms with Crippen molar-refractivity contribution in [1.29, 1.82) is 5.26 Å². The SMILES string of the molecule is Cc1cc([C@@H](C)Nc2ccc(Cl)nc2C(=O)O)c2nc([C@H]3CCOC3)c(C#N)nc2c1. The van der Waals surface area contributed by atoms with Gasteiger partial charge < -0.3 is 15.2 Å². The van der Waals surface area contributed by atoms with Gasteiger partial charge in [-0.3, -0.25) is 0 Å². The summed E-state index contributed by atoms with van der Waals surface area (Å²) in [4.78, 5) is 24.9. The van der Waals surface area contributed by atoms with Crippen LogP contribution in [0, 0.1) is 18.3 Å². The molecule has 2 atom stereocenters. The first-order valence-electron chi connectivity index (χ1n) is 9.83. The molecule has 1 aromatic carbocycles. The summed E-state index contributed by atoms with van der Waals surface area (Å²) in [7, 11) is 0. The van der Waals surface area contributed by atoms with E-state index < -0.39 is 5.97 Å². The number of nitrogens with zero attached hydrogens (tertiary/aromatic N) is 4. The van der Waals surface area contributed by atoms with Crippen LogP contribution in [0.15, 0.2) is 24.3 Å². The van der Waals surface area contributed by atoms with E-state index >= 15 is 0 Å². The van der Waals surface area contributed by atoms with Crippen LogP contribution in [0.3, 0.4) is 0 Å². The molecule has 1 fully saturated rings. The first-order chi connectivity index (χ1) is 14.9. The van der Waals surface area contributed by atoms with Gasteiger partial charge in [0.15, 0.2) is 11.4 Å². The zero-order valence-electron chi connectivity index (χ0n) is 17.0. The number of hydrogen-bond donors (Lipinski definition) is 2. The third kappa shape index (κ3) is 4.15. The molecule has 1 saturated heterocycles. The normalized spacial score (nSPS) is 16.8. The van der Waals surface area contributed by atoms with Crippen LogP contribution in [-0.4, -0.2) is 39.2 Å². The second-order valence-electron chi connectivity index (χ2n) is 7.55. The van der Waals surface area contributed by atoms with Gasteiger partial charge in [-0.1, -0.05) is 17.7 Å². The lowest BCUT2D eigenvalue weighted by Crippen LogP contribution is -2.14. The summed E-state index contributed by atoms with van der Waals surface area (Å²) in [6.45, 7) is 5.00. The second-order valence-corrected chi connectivity index (χ2v) is 7.94. The maximum absolute atomic E-state index is 11.6. The van der Waals surface area contributed by atoms with Crippen LogP contribution in [-0.2, 0) is 4.74 Å². The molecule has 0 radical (unpaired) electrons. The van der Waals surface area contributed by atoms with Crippen LogP contribution in [0.2, 0.25) is 5.15 Å². The molecule has 0 amide bonds. The van der Waals surface area contributed by atoms with E-state index in [1.54, 1.807) is 6.07 Å². The number of halogens is 1. The molecule has 0 aliphatic carbocycles. The number of fused-ring (bicyclic) bond motifs is 1. The Bertz CT molecular complexity index is 1220. The molecule has 1 aliphatic rings. The number of aromatic carboxylic acids is 1. The molecular weight excluding hydrogens is 418 g/mol. The second kappa shape index (κ2) is 8.46. The van der Waals surface area contributed by atoms with Gasteiger partial charge in [0.25, 0.3) is 0 Å². The Labute approximate surface area is 183 Å². The number of nitrogens with one attached hydrogen (secondary N) is 1. The number of aryl methyl sites for hydroxylation is 1. The average Bonchev–Trinajstić information content (AvgIpc) is 3.27. The van der Waals surface area contributed by atoms with Gasteiger partial charge in [0.05, 0.1) is 35.1 Å². The monoisotopic (exact) mass is 437 g/mol. The first kappa shape index (κ1) is 21.0. The van der Waals surface area contributed by atoms with E-state index in [9.17, 15) is 15.2 Å². The van der Waals surface area contributed by atoms with E-state index in [1.165, 1.54) is 6.07 Å². The van der Waals surface area contributed by atoms with Crippen molar-refractivity contribution in [1.82, 2.24) is 15.0 Å². The number of hydrogen-bond acceptors (Lipinski definition) is 7. The highest BCUT2D eigenvalue weighted by Gasteiger charge is 2.25. The lowest BCUT2D eigenvalue weighted by Gasteiger charge is -2.20. The molecule has 3 aromatic rings. The van der Waals surface area contributed by atoms with E-state index in [0.29, 0.717) is 41.3 Å². The molecule has 0 spiro atoms. The fraction of sp³-hybridized carbons (Fsp3) is 0.318. The minimum atomic E-state index is -1.17. The molecule has 0 saturated carbocycles. The van der Waals surface area contributed by atoms with Gasteiger partial charge in [-0.2, -0.15) is 5.26 Å². The number of benzene rings is 1. The lowest BCUT2D eigenvalue weighted by atomic mass is 9.99. The van der Waals surface area contributed by atoms with E-state index in [-0.39, 0.29) is 22.8 Å².